The van der Waals surface area contributed by atoms with Crippen molar-refractivity contribution in [3.8, 4) is 0 Å². The van der Waals surface area contributed by atoms with Crippen LogP contribution in [0.5, 0.6) is 0 Å². The van der Waals surface area contributed by atoms with Gasteiger partial charge in [-0.1, -0.05) is 26.8 Å². The fraction of sp³-hybridized carbons (Fsp3) is 0.389. The molecule has 0 spiro atoms. The number of amides is 1. The molecule has 1 amide bonds. The van der Waals surface area contributed by atoms with Crippen molar-refractivity contribution >= 4 is 5.91 Å². The van der Waals surface area contributed by atoms with Gasteiger partial charge in [0.25, 0.3) is 11.5 Å². The van der Waals surface area contributed by atoms with Crippen LogP contribution in [0.15, 0.2) is 41.5 Å². The van der Waals surface area contributed by atoms with Crippen LogP contribution in [0.1, 0.15) is 54.8 Å². The molecule has 2 N–H and O–H groups in total. The van der Waals surface area contributed by atoms with E-state index in [1.807, 2.05) is 12.1 Å². The van der Waals surface area contributed by atoms with Gasteiger partial charge in [0.15, 0.2) is 0 Å². The Hall–Kier alpha value is -2.43. The van der Waals surface area contributed by atoms with Crippen LogP contribution >= 0.6 is 0 Å². The summed E-state index contributed by atoms with van der Waals surface area (Å²) in [7, 11) is 0. The molecular weight excluding hydrogens is 290 g/mol. The smallest absolute Gasteiger partial charge is 0.260 e. The second-order valence-electron chi connectivity index (χ2n) is 6.96. The largest absolute Gasteiger partial charge is 0.345 e. The van der Waals surface area contributed by atoms with Crippen LogP contribution in [-0.2, 0) is 0 Å². The average molecular weight is 313 g/mol. The number of H-pyrrole nitrogens is 1. The number of hydrogen-bond acceptors (Lipinski definition) is 3. The molecular formula is C18H23N3O2. The van der Waals surface area contributed by atoms with Gasteiger partial charge in [0.1, 0.15) is 5.56 Å². The highest BCUT2D eigenvalue weighted by Gasteiger charge is 2.23. The van der Waals surface area contributed by atoms with Gasteiger partial charge in [-0.15, -0.1) is 0 Å². The lowest BCUT2D eigenvalue weighted by atomic mass is 9.85. The molecule has 5 heteroatoms. The van der Waals surface area contributed by atoms with E-state index < -0.39 is 0 Å². The normalized spacial score (nSPS) is 12.7. The molecule has 2 aromatic rings. The first kappa shape index (κ1) is 16.9. The van der Waals surface area contributed by atoms with Crippen LogP contribution in [-0.4, -0.2) is 15.9 Å². The van der Waals surface area contributed by atoms with E-state index in [4.69, 9.17) is 0 Å². The number of nitrogens with one attached hydrogen (secondary N) is 2. The van der Waals surface area contributed by atoms with Crippen molar-refractivity contribution in [2.75, 3.05) is 0 Å². The summed E-state index contributed by atoms with van der Waals surface area (Å²) < 4.78 is 0. The van der Waals surface area contributed by atoms with Gasteiger partial charge in [-0.3, -0.25) is 14.6 Å². The molecule has 2 aromatic heterocycles. The molecule has 0 saturated carbocycles. The summed E-state index contributed by atoms with van der Waals surface area (Å²) in [5, 5.41) is 2.97. The van der Waals surface area contributed by atoms with E-state index in [1.165, 1.54) is 0 Å². The molecule has 0 radical (unpaired) electrons. The third-order valence-electron chi connectivity index (χ3n) is 3.51. The standard InChI is InChI=1S/C18H23N3O2/c1-12-7-8-14(16(22)20-12)17(23)21-15(10-18(2,3)4)13-6-5-9-19-11-13/h5-9,11,15H,10H2,1-4H3,(H,20,22)(H,21,23)/t15-/m1/s1. The van der Waals surface area contributed by atoms with Crippen molar-refractivity contribution in [2.24, 2.45) is 5.41 Å². The Morgan fingerprint density at radius 1 is 1.30 bits per heavy atom. The lowest BCUT2D eigenvalue weighted by Crippen LogP contribution is -2.34. The van der Waals surface area contributed by atoms with Gasteiger partial charge >= 0.3 is 0 Å². The van der Waals surface area contributed by atoms with Crippen LogP contribution in [0, 0.1) is 12.3 Å². The minimum Gasteiger partial charge on any atom is -0.345 e. The molecule has 0 aromatic carbocycles. The number of carbonyl (C=O) groups is 1. The van der Waals surface area contributed by atoms with Gasteiger partial charge in [0, 0.05) is 18.1 Å². The maximum atomic E-state index is 12.5. The quantitative estimate of drug-likeness (QED) is 0.911. The van der Waals surface area contributed by atoms with Crippen molar-refractivity contribution in [3.05, 3.63) is 63.8 Å². The zero-order chi connectivity index (χ0) is 17.0. The third-order valence-corrected chi connectivity index (χ3v) is 3.51. The summed E-state index contributed by atoms with van der Waals surface area (Å²) in [6, 6.07) is 6.86. The van der Waals surface area contributed by atoms with E-state index in [-0.39, 0.29) is 28.5 Å². The second kappa shape index (κ2) is 6.77. The topological polar surface area (TPSA) is 74.8 Å². The van der Waals surface area contributed by atoms with Crippen LogP contribution in [0.3, 0.4) is 0 Å². The van der Waals surface area contributed by atoms with Crippen molar-refractivity contribution in [1.82, 2.24) is 15.3 Å². The fourth-order valence-electron chi connectivity index (χ4n) is 2.43. The Kier molecular flexibility index (Phi) is 4.98. The number of pyridine rings is 2. The van der Waals surface area contributed by atoms with Crippen molar-refractivity contribution in [3.63, 3.8) is 0 Å². The van der Waals surface area contributed by atoms with E-state index in [9.17, 15) is 9.59 Å². The number of nitrogens with zero attached hydrogens (tertiary/aromatic N) is 1. The predicted molar refractivity (Wildman–Crippen MR) is 90.3 cm³/mol. The first-order valence-corrected chi connectivity index (χ1v) is 7.67. The van der Waals surface area contributed by atoms with Gasteiger partial charge in [0.05, 0.1) is 6.04 Å². The first-order chi connectivity index (χ1) is 10.8. The van der Waals surface area contributed by atoms with E-state index in [0.29, 0.717) is 0 Å². The van der Waals surface area contributed by atoms with E-state index in [0.717, 1.165) is 17.7 Å². The minimum atomic E-state index is -0.372. The molecule has 0 bridgehead atoms. The summed E-state index contributed by atoms with van der Waals surface area (Å²) in [4.78, 5) is 31.2. The fourth-order valence-corrected chi connectivity index (χ4v) is 2.43. The van der Waals surface area contributed by atoms with Crippen molar-refractivity contribution < 1.29 is 4.79 Å². The molecule has 23 heavy (non-hydrogen) atoms. The molecule has 0 saturated heterocycles. The average Bonchev–Trinajstić information content (AvgIpc) is 2.46. The Morgan fingerprint density at radius 2 is 2.04 bits per heavy atom. The summed E-state index contributed by atoms with van der Waals surface area (Å²) in [5.74, 6) is -0.371. The highest BCUT2D eigenvalue weighted by atomic mass is 16.2. The van der Waals surface area contributed by atoms with E-state index in [1.54, 1.807) is 31.5 Å². The van der Waals surface area contributed by atoms with Crippen LogP contribution in [0.4, 0.5) is 0 Å². The maximum absolute atomic E-state index is 12.5. The number of carbonyl (C=O) groups excluding carboxylic acids is 1. The molecule has 1 atom stereocenters. The SMILES string of the molecule is Cc1ccc(C(=O)N[C@H](CC(C)(C)C)c2cccnc2)c(=O)[nH]1. The van der Waals surface area contributed by atoms with Crippen LogP contribution in [0.2, 0.25) is 0 Å². The summed E-state index contributed by atoms with van der Waals surface area (Å²) in [6.07, 6.45) is 4.19. The second-order valence-corrected chi connectivity index (χ2v) is 6.96. The molecule has 2 heterocycles. The molecule has 0 aliphatic carbocycles. The van der Waals surface area contributed by atoms with Gasteiger partial charge in [-0.2, -0.15) is 0 Å². The Labute approximate surface area is 136 Å². The number of aromatic amines is 1. The molecule has 122 valence electrons. The Bertz CT molecular complexity index is 730. The van der Waals surface area contributed by atoms with Gasteiger partial charge in [-0.25, -0.2) is 0 Å². The molecule has 0 fully saturated rings. The van der Waals surface area contributed by atoms with Gasteiger partial charge < -0.3 is 10.3 Å². The van der Waals surface area contributed by atoms with Crippen molar-refractivity contribution in [2.45, 2.75) is 40.2 Å². The molecule has 2 rings (SSSR count). The zero-order valence-electron chi connectivity index (χ0n) is 14.0. The number of hydrogen-bond donors (Lipinski definition) is 2. The lowest BCUT2D eigenvalue weighted by molar-refractivity contribution is 0.0924. The number of aryl methyl sites for hydroxylation is 1. The van der Waals surface area contributed by atoms with Crippen molar-refractivity contribution in [1.29, 1.82) is 0 Å². The third kappa shape index (κ3) is 4.77. The van der Waals surface area contributed by atoms with E-state index >= 15 is 0 Å². The molecule has 5 nitrogen and oxygen atoms in total. The maximum Gasteiger partial charge on any atom is 0.260 e. The summed E-state index contributed by atoms with van der Waals surface area (Å²) >= 11 is 0. The Balaban J connectivity index is 2.27. The zero-order valence-corrected chi connectivity index (χ0v) is 14.0. The monoisotopic (exact) mass is 313 g/mol. The summed E-state index contributed by atoms with van der Waals surface area (Å²) in [5.41, 5.74) is 1.43. The Morgan fingerprint density at radius 3 is 2.61 bits per heavy atom. The van der Waals surface area contributed by atoms with Gasteiger partial charge in [0.2, 0.25) is 0 Å². The minimum absolute atomic E-state index is 0.0213. The van der Waals surface area contributed by atoms with E-state index in [2.05, 4.69) is 36.1 Å². The first-order valence-electron chi connectivity index (χ1n) is 7.67. The molecule has 0 unspecified atom stereocenters. The number of rotatable bonds is 4. The number of aromatic nitrogens is 2. The lowest BCUT2D eigenvalue weighted by Gasteiger charge is -2.27. The van der Waals surface area contributed by atoms with Gasteiger partial charge in [-0.05, 0) is 42.5 Å². The predicted octanol–water partition coefficient (Wildman–Crippen LogP) is 2.99. The summed E-state index contributed by atoms with van der Waals surface area (Å²) in [6.45, 7) is 8.12. The highest BCUT2D eigenvalue weighted by Crippen LogP contribution is 2.29. The van der Waals surface area contributed by atoms with Crippen LogP contribution in [0.25, 0.3) is 0 Å². The highest BCUT2D eigenvalue weighted by molar-refractivity contribution is 5.94. The molecule has 0 aliphatic heterocycles. The molecule has 0 aliphatic rings. The van der Waals surface area contributed by atoms with Crippen LogP contribution < -0.4 is 10.9 Å².